The Balaban J connectivity index is 2.44. The van der Waals surface area contributed by atoms with Crippen LogP contribution in [0.25, 0.3) is 11.1 Å². The summed E-state index contributed by atoms with van der Waals surface area (Å²) in [5.74, 6) is -0.0470. The van der Waals surface area contributed by atoms with E-state index in [4.69, 9.17) is 0 Å². The van der Waals surface area contributed by atoms with Gasteiger partial charge in [-0.25, -0.2) is 13.5 Å². The van der Waals surface area contributed by atoms with Crippen molar-refractivity contribution in [3.8, 4) is 0 Å². The topological polar surface area (TPSA) is 43.6 Å². The van der Waals surface area contributed by atoms with Crippen molar-refractivity contribution in [1.29, 1.82) is 0 Å². The van der Waals surface area contributed by atoms with Crippen molar-refractivity contribution >= 4 is 11.1 Å². The van der Waals surface area contributed by atoms with E-state index in [2.05, 4.69) is 15.5 Å². The lowest BCUT2D eigenvalue weighted by atomic mass is 9.87. The fraction of sp³-hybridized carbons (Fsp3) is 0.190. The van der Waals surface area contributed by atoms with Crippen molar-refractivity contribution in [1.82, 2.24) is 20.2 Å². The maximum Gasteiger partial charge on any atom is 0.182 e. The number of allylic oxidation sites excluding steroid dienone is 3. The molecule has 2 aromatic carbocycles. The van der Waals surface area contributed by atoms with Crippen LogP contribution in [0.15, 0.2) is 48.6 Å². The molecule has 0 atom stereocenters. The Morgan fingerprint density at radius 1 is 0.963 bits per heavy atom. The minimum absolute atomic E-state index is 0.306. The highest BCUT2D eigenvalue weighted by Crippen LogP contribution is 2.36. The van der Waals surface area contributed by atoms with Crippen LogP contribution in [0.4, 0.5) is 8.78 Å². The molecule has 0 saturated carbocycles. The number of aryl methyl sites for hydroxylation is 3. The summed E-state index contributed by atoms with van der Waals surface area (Å²) in [4.78, 5) is 0. The highest BCUT2D eigenvalue weighted by atomic mass is 19.1. The average Bonchev–Trinajstić information content (AvgIpc) is 3.03. The Labute approximate surface area is 156 Å². The molecule has 0 N–H and O–H groups in total. The first kappa shape index (κ1) is 18.6. The fourth-order valence-electron chi connectivity index (χ4n) is 3.14. The van der Waals surface area contributed by atoms with Gasteiger partial charge in [0.05, 0.1) is 0 Å². The van der Waals surface area contributed by atoms with E-state index in [0.29, 0.717) is 5.82 Å². The molecule has 1 heterocycles. The zero-order chi connectivity index (χ0) is 19.6. The number of hydrogen-bond donors (Lipinski definition) is 0. The number of benzene rings is 2. The standard InChI is InChI=1S/C21H20F2N4/c1-5-6-19(21-24-25-26-27(21)4)20(17-9-7-15(22)11-13(17)2)18-10-8-16(23)12-14(18)3/h5-12H,1-4H3. The first-order valence-corrected chi connectivity index (χ1v) is 8.55. The molecule has 27 heavy (non-hydrogen) atoms. The molecule has 1 aromatic heterocycles. The molecule has 0 spiro atoms. The fourth-order valence-corrected chi connectivity index (χ4v) is 3.14. The molecule has 0 saturated heterocycles. The SMILES string of the molecule is CC=CC(=C(c1ccc(F)cc1C)c1ccc(F)cc1C)c1nnnn1C. The van der Waals surface area contributed by atoms with E-state index in [1.54, 1.807) is 23.9 Å². The third-order valence-corrected chi connectivity index (χ3v) is 4.38. The number of aromatic nitrogens is 4. The number of halogens is 2. The van der Waals surface area contributed by atoms with Crippen LogP contribution >= 0.6 is 0 Å². The van der Waals surface area contributed by atoms with Crippen LogP contribution in [0.3, 0.4) is 0 Å². The van der Waals surface area contributed by atoms with Gasteiger partial charge in [0.25, 0.3) is 0 Å². The van der Waals surface area contributed by atoms with Crippen LogP contribution in [0.2, 0.25) is 0 Å². The molecule has 0 amide bonds. The molecular formula is C21H20F2N4. The molecule has 0 unspecified atom stereocenters. The van der Waals surface area contributed by atoms with E-state index in [-0.39, 0.29) is 11.6 Å². The Bertz CT molecular complexity index is 995. The largest absolute Gasteiger partial charge is 0.229 e. The second kappa shape index (κ2) is 7.61. The lowest BCUT2D eigenvalue weighted by molar-refractivity contribution is 0.626. The van der Waals surface area contributed by atoms with E-state index in [0.717, 1.165) is 33.4 Å². The van der Waals surface area contributed by atoms with Gasteiger partial charge in [0.15, 0.2) is 5.82 Å². The van der Waals surface area contributed by atoms with Gasteiger partial charge < -0.3 is 0 Å². The van der Waals surface area contributed by atoms with Gasteiger partial charge in [0.1, 0.15) is 11.6 Å². The van der Waals surface area contributed by atoms with Crippen molar-refractivity contribution in [2.45, 2.75) is 20.8 Å². The summed E-state index contributed by atoms with van der Waals surface area (Å²) < 4.78 is 29.0. The molecule has 0 bridgehead atoms. The van der Waals surface area contributed by atoms with E-state index in [1.807, 2.05) is 32.9 Å². The van der Waals surface area contributed by atoms with Gasteiger partial charge in [0.2, 0.25) is 0 Å². The average molecular weight is 366 g/mol. The second-order valence-corrected chi connectivity index (χ2v) is 6.33. The van der Waals surface area contributed by atoms with Crippen LogP contribution in [0.1, 0.15) is 35.0 Å². The lowest BCUT2D eigenvalue weighted by Gasteiger charge is -2.17. The molecule has 3 rings (SSSR count). The molecule has 0 radical (unpaired) electrons. The van der Waals surface area contributed by atoms with Crippen LogP contribution in [-0.4, -0.2) is 20.2 Å². The van der Waals surface area contributed by atoms with Gasteiger partial charge in [0, 0.05) is 18.2 Å². The smallest absolute Gasteiger partial charge is 0.182 e. The summed E-state index contributed by atoms with van der Waals surface area (Å²) >= 11 is 0. The van der Waals surface area contributed by atoms with Crippen molar-refractivity contribution in [3.05, 3.63) is 88.3 Å². The summed E-state index contributed by atoms with van der Waals surface area (Å²) in [5.41, 5.74) is 4.80. The number of rotatable bonds is 4. The number of nitrogens with zero attached hydrogens (tertiary/aromatic N) is 4. The minimum atomic E-state index is -0.306. The quantitative estimate of drug-likeness (QED) is 0.632. The van der Waals surface area contributed by atoms with Crippen LogP contribution in [-0.2, 0) is 7.05 Å². The third kappa shape index (κ3) is 3.69. The molecule has 0 aliphatic heterocycles. The van der Waals surface area contributed by atoms with Crippen molar-refractivity contribution in [3.63, 3.8) is 0 Å². The summed E-state index contributed by atoms with van der Waals surface area (Å²) in [7, 11) is 1.76. The number of tetrazole rings is 1. The van der Waals surface area contributed by atoms with Gasteiger partial charge in [-0.3, -0.25) is 0 Å². The predicted molar refractivity (Wildman–Crippen MR) is 102 cm³/mol. The Hall–Kier alpha value is -3.15. The predicted octanol–water partition coefficient (Wildman–Crippen LogP) is 4.64. The molecule has 0 aliphatic rings. The summed E-state index contributed by atoms with van der Waals surface area (Å²) in [6, 6.07) is 9.27. The lowest BCUT2D eigenvalue weighted by Crippen LogP contribution is -2.04. The van der Waals surface area contributed by atoms with Crippen molar-refractivity contribution in [2.75, 3.05) is 0 Å². The molecule has 3 aromatic rings. The summed E-state index contributed by atoms with van der Waals surface area (Å²) in [6.07, 6.45) is 3.80. The molecule has 138 valence electrons. The molecule has 4 nitrogen and oxygen atoms in total. The number of hydrogen-bond acceptors (Lipinski definition) is 3. The Morgan fingerprint density at radius 2 is 1.52 bits per heavy atom. The molecule has 0 fully saturated rings. The molecule has 0 aliphatic carbocycles. The normalized spacial score (nSPS) is 11.2. The maximum atomic E-state index is 13.7. The van der Waals surface area contributed by atoms with Crippen molar-refractivity contribution < 1.29 is 8.78 Å². The Morgan fingerprint density at radius 3 is 1.93 bits per heavy atom. The van der Waals surface area contributed by atoms with Gasteiger partial charge in [-0.05, 0) is 77.7 Å². The minimum Gasteiger partial charge on any atom is -0.229 e. The van der Waals surface area contributed by atoms with E-state index >= 15 is 0 Å². The second-order valence-electron chi connectivity index (χ2n) is 6.33. The zero-order valence-electron chi connectivity index (χ0n) is 15.7. The van der Waals surface area contributed by atoms with Gasteiger partial charge >= 0.3 is 0 Å². The first-order chi connectivity index (χ1) is 12.9. The summed E-state index contributed by atoms with van der Waals surface area (Å²) in [5, 5.41) is 11.8. The maximum absolute atomic E-state index is 13.7. The monoisotopic (exact) mass is 366 g/mol. The first-order valence-electron chi connectivity index (χ1n) is 8.55. The van der Waals surface area contributed by atoms with Crippen molar-refractivity contribution in [2.24, 2.45) is 7.05 Å². The van der Waals surface area contributed by atoms with Crippen LogP contribution < -0.4 is 0 Å². The third-order valence-electron chi connectivity index (χ3n) is 4.38. The molecular weight excluding hydrogens is 346 g/mol. The molecule has 6 heteroatoms. The van der Waals surface area contributed by atoms with E-state index < -0.39 is 0 Å². The van der Waals surface area contributed by atoms with Gasteiger partial charge in [-0.2, -0.15) is 0 Å². The summed E-state index contributed by atoms with van der Waals surface area (Å²) in [6.45, 7) is 5.59. The highest BCUT2D eigenvalue weighted by Gasteiger charge is 2.19. The van der Waals surface area contributed by atoms with E-state index in [1.165, 1.54) is 24.3 Å². The van der Waals surface area contributed by atoms with Crippen LogP contribution in [0, 0.1) is 25.5 Å². The Kier molecular flexibility index (Phi) is 5.26. The highest BCUT2D eigenvalue weighted by molar-refractivity contribution is 6.02. The van der Waals surface area contributed by atoms with Gasteiger partial charge in [-0.15, -0.1) is 5.10 Å². The zero-order valence-corrected chi connectivity index (χ0v) is 15.7. The van der Waals surface area contributed by atoms with Gasteiger partial charge in [-0.1, -0.05) is 24.3 Å². The van der Waals surface area contributed by atoms with Crippen LogP contribution in [0.5, 0.6) is 0 Å². The van der Waals surface area contributed by atoms with E-state index in [9.17, 15) is 8.78 Å².